The minimum atomic E-state index is 0.655. The van der Waals surface area contributed by atoms with E-state index >= 15 is 0 Å². The first kappa shape index (κ1) is 17.0. The first-order chi connectivity index (χ1) is 9.80. The Balaban J connectivity index is 2.48. The molecule has 0 amide bonds. The molecule has 0 aromatic heterocycles. The topological polar surface area (TPSA) is 30.5 Å². The molecule has 0 spiro atoms. The van der Waals surface area contributed by atoms with Crippen LogP contribution >= 0.6 is 0 Å². The summed E-state index contributed by atoms with van der Waals surface area (Å²) in [6.45, 7) is 7.99. The minimum absolute atomic E-state index is 0.655. The second-order valence-electron chi connectivity index (χ2n) is 5.07. The Hall–Kier alpha value is -1.06. The summed E-state index contributed by atoms with van der Waals surface area (Å²) >= 11 is 0. The Morgan fingerprint density at radius 3 is 2.80 bits per heavy atom. The molecule has 0 saturated carbocycles. The van der Waals surface area contributed by atoms with Gasteiger partial charge in [-0.25, -0.2) is 0 Å². The predicted molar refractivity (Wildman–Crippen MR) is 84.5 cm³/mol. The van der Waals surface area contributed by atoms with Gasteiger partial charge in [0.25, 0.3) is 0 Å². The summed E-state index contributed by atoms with van der Waals surface area (Å²) in [5.41, 5.74) is 1.35. The summed E-state index contributed by atoms with van der Waals surface area (Å²) in [6.07, 6.45) is 3.43. The molecule has 20 heavy (non-hydrogen) atoms. The van der Waals surface area contributed by atoms with Crippen molar-refractivity contribution in [2.24, 2.45) is 5.92 Å². The zero-order valence-electron chi connectivity index (χ0n) is 13.2. The van der Waals surface area contributed by atoms with Crippen LogP contribution in [0.15, 0.2) is 24.3 Å². The Morgan fingerprint density at radius 1 is 1.25 bits per heavy atom. The molecule has 3 heteroatoms. The van der Waals surface area contributed by atoms with Crippen LogP contribution in [0.3, 0.4) is 0 Å². The van der Waals surface area contributed by atoms with Gasteiger partial charge in [-0.15, -0.1) is 0 Å². The molecule has 0 aliphatic rings. The molecule has 1 atom stereocenters. The van der Waals surface area contributed by atoms with Crippen LogP contribution in [0.4, 0.5) is 0 Å². The summed E-state index contributed by atoms with van der Waals surface area (Å²) < 4.78 is 10.7. The van der Waals surface area contributed by atoms with E-state index in [1.165, 1.54) is 12.0 Å². The maximum Gasteiger partial charge on any atom is 0.119 e. The fraction of sp³-hybridized carbons (Fsp3) is 0.647. The summed E-state index contributed by atoms with van der Waals surface area (Å²) in [5, 5.41) is 3.47. The largest absolute Gasteiger partial charge is 0.497 e. The fourth-order valence-corrected chi connectivity index (χ4v) is 2.38. The SMILES string of the molecule is CCNCC(CCCOCC)Cc1cccc(OC)c1. The molecule has 0 fully saturated rings. The number of ether oxygens (including phenoxy) is 2. The third kappa shape index (κ3) is 6.92. The van der Waals surface area contributed by atoms with Gasteiger partial charge < -0.3 is 14.8 Å². The van der Waals surface area contributed by atoms with E-state index in [0.29, 0.717) is 5.92 Å². The molecule has 0 heterocycles. The van der Waals surface area contributed by atoms with E-state index < -0.39 is 0 Å². The lowest BCUT2D eigenvalue weighted by Gasteiger charge is -2.18. The number of hydrogen-bond donors (Lipinski definition) is 1. The van der Waals surface area contributed by atoms with Gasteiger partial charge in [-0.2, -0.15) is 0 Å². The van der Waals surface area contributed by atoms with E-state index in [1.807, 2.05) is 13.0 Å². The molecule has 0 saturated heterocycles. The van der Waals surface area contributed by atoms with Crippen LogP contribution in [0.25, 0.3) is 0 Å². The van der Waals surface area contributed by atoms with Crippen molar-refractivity contribution in [2.75, 3.05) is 33.4 Å². The predicted octanol–water partition coefficient (Wildman–Crippen LogP) is 3.28. The maximum absolute atomic E-state index is 5.43. The third-order valence-corrected chi connectivity index (χ3v) is 3.45. The van der Waals surface area contributed by atoms with Crippen LogP contribution in [0.5, 0.6) is 5.75 Å². The first-order valence-corrected chi connectivity index (χ1v) is 7.71. The molecule has 0 aliphatic carbocycles. The molecule has 0 radical (unpaired) electrons. The number of methoxy groups -OCH3 is 1. The third-order valence-electron chi connectivity index (χ3n) is 3.45. The van der Waals surface area contributed by atoms with Gasteiger partial charge in [-0.1, -0.05) is 19.1 Å². The summed E-state index contributed by atoms with van der Waals surface area (Å²) in [7, 11) is 1.72. The van der Waals surface area contributed by atoms with Crippen LogP contribution < -0.4 is 10.1 Å². The van der Waals surface area contributed by atoms with Gasteiger partial charge in [0.2, 0.25) is 0 Å². The van der Waals surface area contributed by atoms with Crippen molar-refractivity contribution in [1.82, 2.24) is 5.32 Å². The van der Waals surface area contributed by atoms with Gasteiger partial charge >= 0.3 is 0 Å². The van der Waals surface area contributed by atoms with Gasteiger partial charge in [-0.3, -0.25) is 0 Å². The van der Waals surface area contributed by atoms with Crippen molar-refractivity contribution in [3.05, 3.63) is 29.8 Å². The second kappa shape index (κ2) is 10.7. The Kier molecular flexibility index (Phi) is 9.09. The Labute approximate surface area is 123 Å². The van der Waals surface area contributed by atoms with Crippen LogP contribution in [-0.2, 0) is 11.2 Å². The van der Waals surface area contributed by atoms with Crippen LogP contribution in [-0.4, -0.2) is 33.4 Å². The van der Waals surface area contributed by atoms with E-state index in [1.54, 1.807) is 7.11 Å². The standard InChI is InChI=1S/C17H29NO2/c1-4-18-14-16(9-7-11-20-5-2)12-15-8-6-10-17(13-15)19-3/h6,8,10,13,16,18H,4-5,7,9,11-12,14H2,1-3H3. The Bertz CT molecular complexity index is 355. The zero-order valence-corrected chi connectivity index (χ0v) is 13.2. The lowest BCUT2D eigenvalue weighted by Crippen LogP contribution is -2.24. The van der Waals surface area contributed by atoms with Crippen molar-refractivity contribution in [3.63, 3.8) is 0 Å². The number of rotatable bonds is 11. The highest BCUT2D eigenvalue weighted by Gasteiger charge is 2.10. The molecule has 1 rings (SSSR count). The van der Waals surface area contributed by atoms with Gasteiger partial charge in [0.05, 0.1) is 7.11 Å². The number of hydrogen-bond acceptors (Lipinski definition) is 3. The maximum atomic E-state index is 5.43. The lowest BCUT2D eigenvalue weighted by atomic mass is 9.94. The quantitative estimate of drug-likeness (QED) is 0.631. The van der Waals surface area contributed by atoms with Crippen LogP contribution in [0, 0.1) is 5.92 Å². The van der Waals surface area contributed by atoms with Gasteiger partial charge in [0, 0.05) is 13.2 Å². The van der Waals surface area contributed by atoms with Gasteiger partial charge in [-0.05, 0) is 62.9 Å². The molecule has 3 nitrogen and oxygen atoms in total. The molecule has 114 valence electrons. The number of nitrogens with one attached hydrogen (secondary N) is 1. The highest BCUT2D eigenvalue weighted by atomic mass is 16.5. The minimum Gasteiger partial charge on any atom is -0.497 e. The molecule has 0 aliphatic heterocycles. The summed E-state index contributed by atoms with van der Waals surface area (Å²) in [6, 6.07) is 8.39. The molecular weight excluding hydrogens is 250 g/mol. The molecule has 1 unspecified atom stereocenters. The van der Waals surface area contributed by atoms with Crippen LogP contribution in [0.1, 0.15) is 32.3 Å². The molecule has 0 bridgehead atoms. The fourth-order valence-electron chi connectivity index (χ4n) is 2.38. The molecular formula is C17H29NO2. The van der Waals surface area contributed by atoms with Crippen LogP contribution in [0.2, 0.25) is 0 Å². The second-order valence-corrected chi connectivity index (χ2v) is 5.07. The average Bonchev–Trinajstić information content (AvgIpc) is 2.49. The molecule has 1 aromatic rings. The average molecular weight is 279 g/mol. The highest BCUT2D eigenvalue weighted by Crippen LogP contribution is 2.18. The van der Waals surface area contributed by atoms with E-state index in [0.717, 1.165) is 44.9 Å². The van der Waals surface area contributed by atoms with E-state index in [4.69, 9.17) is 9.47 Å². The summed E-state index contributed by atoms with van der Waals surface area (Å²) in [4.78, 5) is 0. The van der Waals surface area contributed by atoms with Crippen molar-refractivity contribution in [2.45, 2.75) is 33.1 Å². The first-order valence-electron chi connectivity index (χ1n) is 7.71. The van der Waals surface area contributed by atoms with Crippen molar-refractivity contribution in [1.29, 1.82) is 0 Å². The smallest absolute Gasteiger partial charge is 0.119 e. The van der Waals surface area contributed by atoms with E-state index in [2.05, 4.69) is 30.4 Å². The lowest BCUT2D eigenvalue weighted by molar-refractivity contribution is 0.139. The van der Waals surface area contributed by atoms with Gasteiger partial charge in [0.15, 0.2) is 0 Å². The Morgan fingerprint density at radius 2 is 2.10 bits per heavy atom. The van der Waals surface area contributed by atoms with Gasteiger partial charge in [0.1, 0.15) is 5.75 Å². The van der Waals surface area contributed by atoms with E-state index in [-0.39, 0.29) is 0 Å². The van der Waals surface area contributed by atoms with Crippen molar-refractivity contribution < 1.29 is 9.47 Å². The van der Waals surface area contributed by atoms with Crippen molar-refractivity contribution in [3.8, 4) is 5.75 Å². The summed E-state index contributed by atoms with van der Waals surface area (Å²) in [5.74, 6) is 1.60. The zero-order chi connectivity index (χ0) is 14.6. The highest BCUT2D eigenvalue weighted by molar-refractivity contribution is 5.28. The normalized spacial score (nSPS) is 12.3. The van der Waals surface area contributed by atoms with Crippen molar-refractivity contribution >= 4 is 0 Å². The molecule has 1 aromatic carbocycles. The monoisotopic (exact) mass is 279 g/mol. The number of benzene rings is 1. The molecule has 1 N–H and O–H groups in total. The van der Waals surface area contributed by atoms with E-state index in [9.17, 15) is 0 Å².